The van der Waals surface area contributed by atoms with Gasteiger partial charge in [0.05, 0.1) is 13.1 Å². The van der Waals surface area contributed by atoms with Crippen LogP contribution in [0.3, 0.4) is 0 Å². The summed E-state index contributed by atoms with van der Waals surface area (Å²) in [6.45, 7) is 3.35. The van der Waals surface area contributed by atoms with Crippen molar-refractivity contribution < 1.29 is 18.2 Å². The second kappa shape index (κ2) is 9.54. The maximum absolute atomic E-state index is 9.00. The molecule has 1 aromatic carbocycles. The lowest BCUT2D eigenvalue weighted by atomic mass is 10.0. The summed E-state index contributed by atoms with van der Waals surface area (Å²) >= 11 is -1.86. The summed E-state index contributed by atoms with van der Waals surface area (Å²) in [5.74, 6) is 3.39. The Labute approximate surface area is 183 Å². The zero-order valence-corrected chi connectivity index (χ0v) is 18.2. The van der Waals surface area contributed by atoms with Crippen molar-refractivity contribution in [1.82, 2.24) is 24.0 Å². The predicted molar refractivity (Wildman–Crippen MR) is 116 cm³/mol. The summed E-state index contributed by atoms with van der Waals surface area (Å²) in [6.07, 6.45) is 12.0. The fourth-order valence-corrected chi connectivity index (χ4v) is 4.08. The van der Waals surface area contributed by atoms with E-state index in [1.807, 2.05) is 23.0 Å². The molecule has 1 atom stereocenters. The highest BCUT2D eigenvalue weighted by Crippen LogP contribution is 2.35. The van der Waals surface area contributed by atoms with Crippen LogP contribution in [0.5, 0.6) is 11.5 Å². The Hall–Kier alpha value is -2.82. The van der Waals surface area contributed by atoms with Gasteiger partial charge in [0.15, 0.2) is 11.5 Å². The lowest BCUT2D eigenvalue weighted by Gasteiger charge is -2.40. The number of benzene rings is 1. The Balaban J connectivity index is 0.000000535. The summed E-state index contributed by atoms with van der Waals surface area (Å²) < 4.78 is 31.7. The molecule has 0 radical (unpaired) electrons. The first-order valence-corrected chi connectivity index (χ1v) is 11.6. The van der Waals surface area contributed by atoms with Crippen LogP contribution in [0.1, 0.15) is 24.8 Å². The molecule has 0 bridgehead atoms. The number of nitrogens with zero attached hydrogens (tertiary/aromatic N) is 5. The number of hydrogen-bond donors (Lipinski definition) is 0. The maximum atomic E-state index is 9.00. The van der Waals surface area contributed by atoms with E-state index >= 15 is 0 Å². The van der Waals surface area contributed by atoms with Crippen LogP contribution in [0.2, 0.25) is 0 Å². The van der Waals surface area contributed by atoms with Gasteiger partial charge in [-0.2, -0.15) is 4.98 Å². The van der Waals surface area contributed by atoms with Crippen LogP contribution in [0.15, 0.2) is 49.2 Å². The van der Waals surface area contributed by atoms with E-state index < -0.39 is 11.1 Å². The van der Waals surface area contributed by atoms with Crippen molar-refractivity contribution in [2.24, 2.45) is 0 Å². The molecule has 10 heteroatoms. The fraction of sp³-hybridized carbons (Fsp3) is 0.381. The van der Waals surface area contributed by atoms with E-state index in [0.29, 0.717) is 12.7 Å². The molecular formula is C21H25N5O4S. The number of aromatic nitrogens is 4. The SMILES string of the molecule is CS(=O)[O-].c1cn(-c2nccc([N+]3(Cc4ccc5c(c4)OCO5)CCCCC3)n2)cn1. The summed E-state index contributed by atoms with van der Waals surface area (Å²) in [5, 5.41) is 0. The van der Waals surface area contributed by atoms with Crippen molar-refractivity contribution in [3.63, 3.8) is 0 Å². The Morgan fingerprint density at radius 3 is 2.65 bits per heavy atom. The van der Waals surface area contributed by atoms with E-state index in [1.54, 1.807) is 12.5 Å². The molecule has 4 heterocycles. The summed E-state index contributed by atoms with van der Waals surface area (Å²) in [4.78, 5) is 13.4. The van der Waals surface area contributed by atoms with Gasteiger partial charge in [-0.15, -0.1) is 0 Å². The van der Waals surface area contributed by atoms with Crippen molar-refractivity contribution >= 4 is 16.9 Å². The molecule has 164 valence electrons. The van der Waals surface area contributed by atoms with Crippen LogP contribution in [-0.2, 0) is 17.6 Å². The zero-order chi connectivity index (χ0) is 21.7. The summed E-state index contributed by atoms with van der Waals surface area (Å²) in [7, 11) is 0. The molecule has 0 amide bonds. The number of rotatable bonds is 4. The van der Waals surface area contributed by atoms with E-state index in [4.69, 9.17) is 23.2 Å². The van der Waals surface area contributed by atoms with Gasteiger partial charge in [0.2, 0.25) is 18.6 Å². The van der Waals surface area contributed by atoms with E-state index in [9.17, 15) is 0 Å². The molecule has 9 nitrogen and oxygen atoms in total. The highest BCUT2D eigenvalue weighted by Gasteiger charge is 2.35. The zero-order valence-electron chi connectivity index (χ0n) is 17.3. The predicted octanol–water partition coefficient (Wildman–Crippen LogP) is 2.58. The normalized spacial score (nSPS) is 17.5. The smallest absolute Gasteiger partial charge is 0.239 e. The van der Waals surface area contributed by atoms with Gasteiger partial charge in [-0.25, -0.2) is 9.97 Å². The highest BCUT2D eigenvalue weighted by atomic mass is 32.2. The van der Waals surface area contributed by atoms with Crippen LogP contribution >= 0.6 is 0 Å². The van der Waals surface area contributed by atoms with E-state index in [2.05, 4.69) is 28.2 Å². The van der Waals surface area contributed by atoms with Crippen LogP contribution in [-0.4, -0.2) is 54.4 Å². The molecule has 1 unspecified atom stereocenters. The minimum atomic E-state index is -1.86. The first-order chi connectivity index (χ1) is 15.1. The fourth-order valence-electron chi connectivity index (χ4n) is 4.08. The number of hydrogen-bond acceptors (Lipinski definition) is 7. The molecular weight excluding hydrogens is 418 g/mol. The van der Waals surface area contributed by atoms with Gasteiger partial charge in [0.1, 0.15) is 12.9 Å². The molecule has 2 aliphatic heterocycles. The number of ether oxygens (including phenoxy) is 2. The maximum Gasteiger partial charge on any atom is 0.239 e. The molecule has 0 spiro atoms. The van der Waals surface area contributed by atoms with Crippen LogP contribution in [0.25, 0.3) is 5.95 Å². The molecule has 0 saturated carbocycles. The lowest BCUT2D eigenvalue weighted by Crippen LogP contribution is -2.52. The quantitative estimate of drug-likeness (QED) is 0.451. The van der Waals surface area contributed by atoms with Gasteiger partial charge in [0, 0.05) is 30.2 Å². The van der Waals surface area contributed by atoms with Gasteiger partial charge in [0.25, 0.3) is 0 Å². The minimum Gasteiger partial charge on any atom is -0.773 e. The third-order valence-corrected chi connectivity index (χ3v) is 5.44. The van der Waals surface area contributed by atoms with Crippen molar-refractivity contribution in [3.8, 4) is 17.4 Å². The summed E-state index contributed by atoms with van der Waals surface area (Å²) in [6, 6.07) is 8.31. The molecule has 0 aliphatic carbocycles. The Morgan fingerprint density at radius 2 is 1.90 bits per heavy atom. The number of quaternary nitrogens is 1. The number of likely N-dealkylation sites (tertiary alicyclic amines) is 1. The van der Waals surface area contributed by atoms with Crippen LogP contribution < -0.4 is 14.0 Å². The average molecular weight is 444 g/mol. The third kappa shape index (κ3) is 5.09. The molecule has 31 heavy (non-hydrogen) atoms. The largest absolute Gasteiger partial charge is 0.773 e. The summed E-state index contributed by atoms with van der Waals surface area (Å²) in [5.41, 5.74) is 1.24. The van der Waals surface area contributed by atoms with Gasteiger partial charge in [-0.1, -0.05) is 11.1 Å². The average Bonchev–Trinajstić information content (AvgIpc) is 3.46. The molecule has 5 rings (SSSR count). The lowest BCUT2D eigenvalue weighted by molar-refractivity contribution is 0.173. The van der Waals surface area contributed by atoms with Gasteiger partial charge < -0.3 is 14.0 Å². The molecule has 1 saturated heterocycles. The monoisotopic (exact) mass is 443 g/mol. The first kappa shape index (κ1) is 21.4. The highest BCUT2D eigenvalue weighted by molar-refractivity contribution is 7.78. The minimum absolute atomic E-state index is 0.305. The van der Waals surface area contributed by atoms with Crippen molar-refractivity contribution in [1.29, 1.82) is 0 Å². The molecule has 2 aliphatic rings. The standard InChI is InChI=1S/C20H22N5O2.CH4O2S/c1-2-10-25(11-3-1,13-16-4-5-17-18(12-16)27-15-26-17)19-6-7-22-20(23-19)24-9-8-21-14-24;1-4(2)3/h4-9,12,14H,1-3,10-11,13,15H2;1H3,(H,2,3)/q+1;/p-1. The van der Waals surface area contributed by atoms with Gasteiger partial charge in [-0.05, 0) is 43.7 Å². The van der Waals surface area contributed by atoms with E-state index in [-0.39, 0.29) is 0 Å². The van der Waals surface area contributed by atoms with E-state index in [0.717, 1.165) is 47.7 Å². The van der Waals surface area contributed by atoms with Crippen LogP contribution in [0, 0.1) is 0 Å². The Morgan fingerprint density at radius 1 is 1.13 bits per heavy atom. The molecule has 0 N–H and O–H groups in total. The molecule has 2 aromatic heterocycles. The molecule has 3 aromatic rings. The van der Waals surface area contributed by atoms with Crippen molar-refractivity contribution in [2.75, 3.05) is 26.1 Å². The third-order valence-electron chi connectivity index (χ3n) is 5.44. The Kier molecular flexibility index (Phi) is 6.59. The van der Waals surface area contributed by atoms with Crippen molar-refractivity contribution in [2.45, 2.75) is 25.8 Å². The van der Waals surface area contributed by atoms with Crippen LogP contribution in [0.4, 0.5) is 5.82 Å². The number of fused-ring (bicyclic) bond motifs is 1. The van der Waals surface area contributed by atoms with Gasteiger partial charge in [-0.3, -0.25) is 13.3 Å². The second-order valence-corrected chi connectivity index (χ2v) is 8.39. The Bertz CT molecular complexity index is 1030. The first-order valence-electron chi connectivity index (χ1n) is 10.1. The van der Waals surface area contributed by atoms with Gasteiger partial charge >= 0.3 is 0 Å². The second-order valence-electron chi connectivity index (χ2n) is 7.58. The van der Waals surface area contributed by atoms with Crippen molar-refractivity contribution in [3.05, 3.63) is 54.7 Å². The number of piperidine rings is 1. The number of imidazole rings is 1. The topological polar surface area (TPSA) is 102 Å². The molecule has 1 fully saturated rings. The van der Waals surface area contributed by atoms with E-state index in [1.165, 1.54) is 24.8 Å².